The van der Waals surface area contributed by atoms with Gasteiger partial charge in [0.2, 0.25) is 0 Å². The minimum atomic E-state index is -3.45. The Hall–Kier alpha value is -1.66. The molecule has 0 aliphatic heterocycles. The largest absolute Gasteiger partial charge is 0.465 e. The van der Waals surface area contributed by atoms with Crippen molar-refractivity contribution in [3.63, 3.8) is 0 Å². The van der Waals surface area contributed by atoms with E-state index >= 15 is 0 Å². The van der Waals surface area contributed by atoms with Crippen molar-refractivity contribution < 1.29 is 17.9 Å². The molecule has 0 N–H and O–H groups in total. The molecule has 0 aliphatic rings. The number of hydrogen-bond acceptors (Lipinski definition) is 4. The van der Waals surface area contributed by atoms with Crippen LogP contribution in [0.25, 0.3) is 0 Å². The summed E-state index contributed by atoms with van der Waals surface area (Å²) in [5.41, 5.74) is 0.877. The lowest BCUT2D eigenvalue weighted by Crippen LogP contribution is -2.07. The SMILES string of the molecule is COC(=O)c1cccc(CS(=O)(=O)c2ccc(Br)cc2)c1. The number of esters is 1. The maximum atomic E-state index is 12.3. The molecule has 0 fully saturated rings. The molecule has 0 aromatic heterocycles. The minimum Gasteiger partial charge on any atom is -0.465 e. The molecule has 6 heteroatoms. The Balaban J connectivity index is 2.28. The normalized spacial score (nSPS) is 11.1. The van der Waals surface area contributed by atoms with Gasteiger partial charge in [-0.2, -0.15) is 0 Å². The number of methoxy groups -OCH3 is 1. The first kappa shape index (κ1) is 15.7. The van der Waals surface area contributed by atoms with E-state index in [0.717, 1.165) is 4.47 Å². The van der Waals surface area contributed by atoms with E-state index in [2.05, 4.69) is 20.7 Å². The Kier molecular flexibility index (Phi) is 4.80. The standard InChI is InChI=1S/C15H13BrO4S/c1-20-15(17)12-4-2-3-11(9-12)10-21(18,19)14-7-5-13(16)6-8-14/h2-9H,10H2,1H3. The number of hydrogen-bond donors (Lipinski definition) is 0. The van der Waals surface area contributed by atoms with Crippen molar-refractivity contribution in [1.29, 1.82) is 0 Å². The summed E-state index contributed by atoms with van der Waals surface area (Å²) < 4.78 is 30.1. The first-order valence-electron chi connectivity index (χ1n) is 6.08. The van der Waals surface area contributed by atoms with Gasteiger partial charge in [-0.1, -0.05) is 28.1 Å². The molecular weight excluding hydrogens is 356 g/mol. The number of halogens is 1. The molecule has 0 spiro atoms. The average molecular weight is 369 g/mol. The highest BCUT2D eigenvalue weighted by Crippen LogP contribution is 2.19. The second-order valence-electron chi connectivity index (χ2n) is 4.40. The Labute approximate surface area is 131 Å². The van der Waals surface area contributed by atoms with Gasteiger partial charge in [0.05, 0.1) is 23.3 Å². The second-order valence-corrected chi connectivity index (χ2v) is 7.31. The summed E-state index contributed by atoms with van der Waals surface area (Å²) in [7, 11) is -2.17. The van der Waals surface area contributed by atoms with E-state index in [1.807, 2.05) is 0 Å². The predicted octanol–water partition coefficient (Wildman–Crippen LogP) is 3.21. The summed E-state index contributed by atoms with van der Waals surface area (Å²) in [6, 6.07) is 12.9. The van der Waals surface area contributed by atoms with Gasteiger partial charge >= 0.3 is 5.97 Å². The van der Waals surface area contributed by atoms with Gasteiger partial charge in [-0.15, -0.1) is 0 Å². The fraction of sp³-hybridized carbons (Fsp3) is 0.133. The van der Waals surface area contributed by atoms with E-state index in [4.69, 9.17) is 0 Å². The van der Waals surface area contributed by atoms with Gasteiger partial charge in [-0.3, -0.25) is 0 Å². The highest BCUT2D eigenvalue weighted by molar-refractivity contribution is 9.10. The molecule has 0 saturated carbocycles. The Morgan fingerprint density at radius 3 is 2.43 bits per heavy atom. The summed E-state index contributed by atoms with van der Waals surface area (Å²) in [6.45, 7) is 0. The van der Waals surface area contributed by atoms with Crippen LogP contribution in [-0.4, -0.2) is 21.5 Å². The first-order valence-corrected chi connectivity index (χ1v) is 8.52. The average Bonchev–Trinajstić information content (AvgIpc) is 2.46. The first-order chi connectivity index (χ1) is 9.92. The molecule has 2 aromatic rings. The molecule has 2 rings (SSSR count). The van der Waals surface area contributed by atoms with Gasteiger partial charge in [-0.05, 0) is 42.0 Å². The van der Waals surface area contributed by atoms with E-state index in [1.54, 1.807) is 42.5 Å². The quantitative estimate of drug-likeness (QED) is 0.777. The van der Waals surface area contributed by atoms with E-state index in [9.17, 15) is 13.2 Å². The predicted molar refractivity (Wildman–Crippen MR) is 82.8 cm³/mol. The van der Waals surface area contributed by atoms with E-state index in [0.29, 0.717) is 11.1 Å². The third-order valence-corrected chi connectivity index (χ3v) is 5.11. The van der Waals surface area contributed by atoms with E-state index in [-0.39, 0.29) is 10.6 Å². The number of carbonyl (C=O) groups is 1. The van der Waals surface area contributed by atoms with Gasteiger partial charge in [0, 0.05) is 4.47 Å². The molecule has 21 heavy (non-hydrogen) atoms. The molecule has 110 valence electrons. The molecule has 0 heterocycles. The maximum absolute atomic E-state index is 12.3. The fourth-order valence-electron chi connectivity index (χ4n) is 1.85. The number of carbonyl (C=O) groups excluding carboxylic acids is 1. The van der Waals surface area contributed by atoms with Crippen molar-refractivity contribution in [2.24, 2.45) is 0 Å². The van der Waals surface area contributed by atoms with Crippen LogP contribution >= 0.6 is 15.9 Å². The van der Waals surface area contributed by atoms with Crippen LogP contribution in [0.15, 0.2) is 57.9 Å². The van der Waals surface area contributed by atoms with Crippen molar-refractivity contribution >= 4 is 31.7 Å². The van der Waals surface area contributed by atoms with Crippen LogP contribution in [0.5, 0.6) is 0 Å². The highest BCUT2D eigenvalue weighted by atomic mass is 79.9. The van der Waals surface area contributed by atoms with Crippen LogP contribution in [0.2, 0.25) is 0 Å². The van der Waals surface area contributed by atoms with Gasteiger partial charge in [0.1, 0.15) is 0 Å². The Morgan fingerprint density at radius 2 is 1.81 bits per heavy atom. The zero-order valence-electron chi connectivity index (χ0n) is 11.2. The van der Waals surface area contributed by atoms with Crippen LogP contribution in [-0.2, 0) is 20.3 Å². The van der Waals surface area contributed by atoms with Crippen molar-refractivity contribution in [2.45, 2.75) is 10.6 Å². The second kappa shape index (κ2) is 6.41. The van der Waals surface area contributed by atoms with Crippen LogP contribution in [0.4, 0.5) is 0 Å². The Bertz CT molecular complexity index is 751. The van der Waals surface area contributed by atoms with Crippen molar-refractivity contribution in [3.8, 4) is 0 Å². The third kappa shape index (κ3) is 3.92. The molecule has 0 radical (unpaired) electrons. The summed E-state index contributed by atoms with van der Waals surface area (Å²) in [5, 5.41) is 0. The molecule has 0 saturated heterocycles. The molecule has 0 aliphatic carbocycles. The number of rotatable bonds is 4. The molecule has 4 nitrogen and oxygen atoms in total. The lowest BCUT2D eigenvalue weighted by molar-refractivity contribution is 0.0600. The van der Waals surface area contributed by atoms with Crippen molar-refractivity contribution in [2.75, 3.05) is 7.11 Å². The van der Waals surface area contributed by atoms with Gasteiger partial charge in [-0.25, -0.2) is 13.2 Å². The maximum Gasteiger partial charge on any atom is 0.337 e. The number of benzene rings is 2. The topological polar surface area (TPSA) is 60.4 Å². The lowest BCUT2D eigenvalue weighted by Gasteiger charge is -2.06. The monoisotopic (exact) mass is 368 g/mol. The van der Waals surface area contributed by atoms with Gasteiger partial charge < -0.3 is 4.74 Å². The molecule has 0 atom stereocenters. The van der Waals surface area contributed by atoms with E-state index in [1.165, 1.54) is 13.2 Å². The summed E-state index contributed by atoms with van der Waals surface area (Å²) in [6.07, 6.45) is 0. The van der Waals surface area contributed by atoms with Crippen LogP contribution in [0, 0.1) is 0 Å². The van der Waals surface area contributed by atoms with Crippen LogP contribution in [0.1, 0.15) is 15.9 Å². The smallest absolute Gasteiger partial charge is 0.337 e. The van der Waals surface area contributed by atoms with Crippen molar-refractivity contribution in [1.82, 2.24) is 0 Å². The van der Waals surface area contributed by atoms with Gasteiger partial charge in [0.15, 0.2) is 9.84 Å². The third-order valence-electron chi connectivity index (χ3n) is 2.88. The van der Waals surface area contributed by atoms with Gasteiger partial charge in [0.25, 0.3) is 0 Å². The number of ether oxygens (including phenoxy) is 1. The zero-order valence-corrected chi connectivity index (χ0v) is 13.6. The van der Waals surface area contributed by atoms with Crippen LogP contribution in [0.3, 0.4) is 0 Å². The van der Waals surface area contributed by atoms with E-state index < -0.39 is 15.8 Å². The number of sulfone groups is 1. The lowest BCUT2D eigenvalue weighted by atomic mass is 10.1. The molecule has 0 bridgehead atoms. The molecule has 0 amide bonds. The Morgan fingerprint density at radius 1 is 1.14 bits per heavy atom. The minimum absolute atomic E-state index is 0.167. The summed E-state index contributed by atoms with van der Waals surface area (Å²) >= 11 is 3.27. The fourth-order valence-corrected chi connectivity index (χ4v) is 3.45. The summed E-state index contributed by atoms with van der Waals surface area (Å²) in [4.78, 5) is 11.7. The molecular formula is C15H13BrO4S. The van der Waals surface area contributed by atoms with Crippen LogP contribution < -0.4 is 0 Å². The molecule has 2 aromatic carbocycles. The highest BCUT2D eigenvalue weighted by Gasteiger charge is 2.16. The zero-order chi connectivity index (χ0) is 15.5. The van der Waals surface area contributed by atoms with Crippen molar-refractivity contribution in [3.05, 3.63) is 64.1 Å². The molecule has 0 unspecified atom stereocenters. The summed E-state index contributed by atoms with van der Waals surface area (Å²) in [5.74, 6) is -0.655.